The van der Waals surface area contributed by atoms with Crippen LogP contribution in [0.1, 0.15) is 24.8 Å². The lowest BCUT2D eigenvalue weighted by molar-refractivity contribution is 0.372. The molecule has 1 atom stereocenters. The highest BCUT2D eigenvalue weighted by Gasteiger charge is 2.21. The van der Waals surface area contributed by atoms with Gasteiger partial charge >= 0.3 is 0 Å². The summed E-state index contributed by atoms with van der Waals surface area (Å²) < 4.78 is 7.90. The zero-order valence-electron chi connectivity index (χ0n) is 8.56. The highest BCUT2D eigenvalue weighted by Crippen LogP contribution is 2.25. The lowest BCUT2D eigenvalue weighted by Gasteiger charge is -2.18. The Morgan fingerprint density at radius 2 is 2.38 bits per heavy atom. The molecule has 0 radical (unpaired) electrons. The Morgan fingerprint density at radius 3 is 3.06 bits per heavy atom. The second-order valence-corrected chi connectivity index (χ2v) is 4.64. The maximum Gasteiger partial charge on any atom is 0.217 e. The molecule has 0 saturated heterocycles. The minimum absolute atomic E-state index is 0.0524. The summed E-state index contributed by atoms with van der Waals surface area (Å²) >= 11 is 3.26. The van der Waals surface area contributed by atoms with Gasteiger partial charge in [-0.1, -0.05) is 0 Å². The van der Waals surface area contributed by atoms with Crippen molar-refractivity contribution >= 4 is 15.9 Å². The van der Waals surface area contributed by atoms with Gasteiger partial charge < -0.3 is 10.2 Å². The Hall–Kier alpha value is -1.14. The van der Waals surface area contributed by atoms with E-state index in [1.165, 1.54) is 0 Å². The number of aromatic nitrogens is 3. The van der Waals surface area contributed by atoms with Crippen molar-refractivity contribution in [3.05, 3.63) is 22.6 Å². The van der Waals surface area contributed by atoms with Gasteiger partial charge in [0.1, 0.15) is 12.0 Å². The summed E-state index contributed by atoms with van der Waals surface area (Å²) in [4.78, 5) is 4.44. The van der Waals surface area contributed by atoms with Gasteiger partial charge in [-0.3, -0.25) is 0 Å². The van der Waals surface area contributed by atoms with Crippen molar-refractivity contribution in [1.29, 1.82) is 0 Å². The van der Waals surface area contributed by atoms with Crippen LogP contribution in [0, 0.1) is 0 Å². The molecule has 1 unspecified atom stereocenters. The molecule has 1 aliphatic rings. The molecule has 0 spiro atoms. The van der Waals surface area contributed by atoms with Crippen LogP contribution in [0.25, 0.3) is 11.6 Å². The van der Waals surface area contributed by atoms with E-state index in [0.29, 0.717) is 16.3 Å². The third-order valence-corrected chi connectivity index (χ3v) is 3.14. The summed E-state index contributed by atoms with van der Waals surface area (Å²) in [6.07, 6.45) is 2.91. The molecule has 3 heterocycles. The van der Waals surface area contributed by atoms with Crippen LogP contribution < -0.4 is 5.73 Å². The number of nitrogens with zero attached hydrogens (tertiary/aromatic N) is 3. The number of halogens is 1. The molecule has 3 rings (SSSR count). The standard InChI is InChI=1S/C10H11BrN4O/c11-7-5-4-6(16-7)10-13-9-3-1-2-8(12)15(9)14-10/h4-5,8H,1-3,12H2. The van der Waals surface area contributed by atoms with Crippen molar-refractivity contribution in [2.75, 3.05) is 0 Å². The van der Waals surface area contributed by atoms with Crippen molar-refractivity contribution in [1.82, 2.24) is 14.8 Å². The highest BCUT2D eigenvalue weighted by atomic mass is 79.9. The van der Waals surface area contributed by atoms with E-state index in [9.17, 15) is 0 Å². The first kappa shape index (κ1) is 10.0. The summed E-state index contributed by atoms with van der Waals surface area (Å²) in [7, 11) is 0. The van der Waals surface area contributed by atoms with Gasteiger partial charge in [-0.05, 0) is 40.9 Å². The summed E-state index contributed by atoms with van der Waals surface area (Å²) in [6.45, 7) is 0. The maximum absolute atomic E-state index is 5.96. The first-order chi connectivity index (χ1) is 7.74. The monoisotopic (exact) mass is 282 g/mol. The predicted octanol–water partition coefficient (Wildman–Crippen LogP) is 2.09. The van der Waals surface area contributed by atoms with Crippen LogP contribution in [0.3, 0.4) is 0 Å². The Bertz CT molecular complexity index is 519. The third kappa shape index (κ3) is 1.58. The molecule has 2 aromatic rings. The number of aryl methyl sites for hydroxylation is 1. The molecule has 0 aromatic carbocycles. The van der Waals surface area contributed by atoms with Crippen molar-refractivity contribution in [3.63, 3.8) is 0 Å². The molecule has 0 fully saturated rings. The van der Waals surface area contributed by atoms with Gasteiger partial charge in [0.05, 0.1) is 0 Å². The Labute approximate surface area is 101 Å². The van der Waals surface area contributed by atoms with Gasteiger partial charge in [-0.25, -0.2) is 9.67 Å². The van der Waals surface area contributed by atoms with Crippen LogP contribution >= 0.6 is 15.9 Å². The van der Waals surface area contributed by atoms with E-state index in [1.807, 2.05) is 12.1 Å². The second-order valence-electron chi connectivity index (χ2n) is 3.86. The van der Waals surface area contributed by atoms with Crippen LogP contribution in [0.15, 0.2) is 21.2 Å². The second kappa shape index (κ2) is 3.71. The van der Waals surface area contributed by atoms with Gasteiger partial charge in [-0.15, -0.1) is 5.10 Å². The van der Waals surface area contributed by atoms with Crippen LogP contribution in [0.4, 0.5) is 0 Å². The minimum atomic E-state index is -0.0524. The normalized spacial score (nSPS) is 19.8. The first-order valence-corrected chi connectivity index (χ1v) is 6.00. The van der Waals surface area contributed by atoms with E-state index in [0.717, 1.165) is 25.1 Å². The van der Waals surface area contributed by atoms with Crippen molar-refractivity contribution in [2.45, 2.75) is 25.4 Å². The number of furan rings is 1. The van der Waals surface area contributed by atoms with E-state index < -0.39 is 0 Å². The maximum atomic E-state index is 5.96. The van der Waals surface area contributed by atoms with Gasteiger partial charge in [0.15, 0.2) is 10.4 Å². The predicted molar refractivity (Wildman–Crippen MR) is 61.6 cm³/mol. The molecule has 0 aliphatic carbocycles. The van der Waals surface area contributed by atoms with Gasteiger partial charge in [-0.2, -0.15) is 0 Å². The molecule has 2 aromatic heterocycles. The summed E-state index contributed by atoms with van der Waals surface area (Å²) in [5.41, 5.74) is 5.96. The van der Waals surface area contributed by atoms with Crippen LogP contribution in [0.2, 0.25) is 0 Å². The largest absolute Gasteiger partial charge is 0.446 e. The quantitative estimate of drug-likeness (QED) is 0.870. The minimum Gasteiger partial charge on any atom is -0.446 e. The topological polar surface area (TPSA) is 69.9 Å². The number of nitrogens with two attached hydrogens (primary N) is 1. The van der Waals surface area contributed by atoms with E-state index in [-0.39, 0.29) is 6.17 Å². The molecule has 1 aliphatic heterocycles. The number of fused-ring (bicyclic) bond motifs is 1. The van der Waals surface area contributed by atoms with Crippen molar-refractivity contribution < 1.29 is 4.42 Å². The highest BCUT2D eigenvalue weighted by molar-refractivity contribution is 9.10. The summed E-state index contributed by atoms with van der Waals surface area (Å²) in [6, 6.07) is 3.67. The molecular weight excluding hydrogens is 272 g/mol. The van der Waals surface area contributed by atoms with Gasteiger partial charge in [0.25, 0.3) is 0 Å². The number of rotatable bonds is 1. The van der Waals surface area contributed by atoms with Crippen LogP contribution in [-0.4, -0.2) is 14.8 Å². The van der Waals surface area contributed by atoms with E-state index in [2.05, 4.69) is 26.0 Å². The molecule has 0 saturated carbocycles. The fraction of sp³-hybridized carbons (Fsp3) is 0.400. The van der Waals surface area contributed by atoms with E-state index >= 15 is 0 Å². The molecular formula is C10H11BrN4O. The zero-order chi connectivity index (χ0) is 11.1. The summed E-state index contributed by atoms with van der Waals surface area (Å²) in [5, 5.41) is 4.38. The lowest BCUT2D eigenvalue weighted by atomic mass is 10.1. The average Bonchev–Trinajstić information content (AvgIpc) is 2.84. The Morgan fingerprint density at radius 1 is 1.50 bits per heavy atom. The molecule has 84 valence electrons. The summed E-state index contributed by atoms with van der Waals surface area (Å²) in [5.74, 6) is 2.22. The van der Waals surface area contributed by atoms with E-state index in [4.69, 9.17) is 10.2 Å². The lowest BCUT2D eigenvalue weighted by Crippen LogP contribution is -2.25. The fourth-order valence-electron chi connectivity index (χ4n) is 1.92. The number of hydrogen-bond donors (Lipinski definition) is 1. The smallest absolute Gasteiger partial charge is 0.217 e. The van der Waals surface area contributed by atoms with Crippen molar-refractivity contribution in [2.24, 2.45) is 5.73 Å². The fourth-order valence-corrected chi connectivity index (χ4v) is 2.23. The molecule has 2 N–H and O–H groups in total. The number of hydrogen-bond acceptors (Lipinski definition) is 4. The molecule has 6 heteroatoms. The molecule has 0 bridgehead atoms. The molecule has 16 heavy (non-hydrogen) atoms. The molecule has 5 nitrogen and oxygen atoms in total. The van der Waals surface area contributed by atoms with Crippen LogP contribution in [-0.2, 0) is 6.42 Å². The Kier molecular flexibility index (Phi) is 2.33. The first-order valence-electron chi connectivity index (χ1n) is 5.21. The molecule has 0 amide bonds. The van der Waals surface area contributed by atoms with Gasteiger partial charge in [0, 0.05) is 6.42 Å². The zero-order valence-corrected chi connectivity index (χ0v) is 10.1. The average molecular weight is 283 g/mol. The van der Waals surface area contributed by atoms with E-state index in [1.54, 1.807) is 4.68 Å². The Balaban J connectivity index is 2.04. The van der Waals surface area contributed by atoms with Crippen LogP contribution in [0.5, 0.6) is 0 Å². The SMILES string of the molecule is NC1CCCc2nc(-c3ccc(Br)o3)nn21. The third-order valence-electron chi connectivity index (χ3n) is 2.71. The van der Waals surface area contributed by atoms with Crippen molar-refractivity contribution in [3.8, 4) is 11.6 Å². The van der Waals surface area contributed by atoms with Gasteiger partial charge in [0.2, 0.25) is 5.82 Å².